The van der Waals surface area contributed by atoms with Crippen molar-refractivity contribution in [2.45, 2.75) is 36.9 Å². The average Bonchev–Trinajstić information content (AvgIpc) is 3.48. The van der Waals surface area contributed by atoms with Crippen LogP contribution in [0.3, 0.4) is 0 Å². The van der Waals surface area contributed by atoms with Crippen molar-refractivity contribution in [2.24, 2.45) is 0 Å². The molecule has 162 valence electrons. The number of rotatable bonds is 6. The predicted octanol–water partition coefficient (Wildman–Crippen LogP) is 5.99. The lowest BCUT2D eigenvalue weighted by Gasteiger charge is -2.17. The second-order valence-corrected chi connectivity index (χ2v) is 9.16. The number of anilines is 1. The van der Waals surface area contributed by atoms with Crippen molar-refractivity contribution >= 4 is 45.9 Å². The Bertz CT molecular complexity index is 1260. The Hall–Kier alpha value is -2.90. The maximum absolute atomic E-state index is 12.8. The number of nitrogens with one attached hydrogen (secondary N) is 1. The van der Waals surface area contributed by atoms with Gasteiger partial charge in [-0.05, 0) is 49.2 Å². The van der Waals surface area contributed by atoms with Crippen LogP contribution in [-0.4, -0.2) is 31.4 Å². The summed E-state index contributed by atoms with van der Waals surface area (Å²) in [6, 6.07) is 17.6. The average molecular weight is 464 g/mol. The molecule has 6 nitrogen and oxygen atoms in total. The third-order valence-electron chi connectivity index (χ3n) is 5.72. The number of aromatic nitrogens is 4. The lowest BCUT2D eigenvalue weighted by molar-refractivity contribution is -0.113. The first-order chi connectivity index (χ1) is 15.7. The highest BCUT2D eigenvalue weighted by Gasteiger charge is 2.26. The molecule has 2 heterocycles. The molecule has 32 heavy (non-hydrogen) atoms. The van der Waals surface area contributed by atoms with E-state index in [0.29, 0.717) is 11.1 Å². The third-order valence-corrected chi connectivity index (χ3v) is 6.99. The second-order valence-electron chi connectivity index (χ2n) is 7.81. The maximum atomic E-state index is 12.8. The first-order valence-electron chi connectivity index (χ1n) is 10.7. The summed E-state index contributed by atoms with van der Waals surface area (Å²) >= 11 is 7.86. The number of thioether (sulfide) groups is 1. The Morgan fingerprint density at radius 1 is 1.06 bits per heavy atom. The summed E-state index contributed by atoms with van der Waals surface area (Å²) in [5, 5.41) is 14.2. The van der Waals surface area contributed by atoms with Crippen LogP contribution in [0.25, 0.3) is 22.3 Å². The minimum absolute atomic E-state index is 0.0911. The molecule has 1 saturated carbocycles. The number of halogens is 1. The van der Waals surface area contributed by atoms with Crippen molar-refractivity contribution in [3.05, 3.63) is 65.8 Å². The minimum atomic E-state index is -0.0911. The molecule has 1 aliphatic rings. The molecule has 0 spiro atoms. The number of hydrogen-bond acceptors (Lipinski definition) is 5. The molecule has 8 heteroatoms. The molecule has 0 unspecified atom stereocenters. The zero-order valence-electron chi connectivity index (χ0n) is 17.4. The van der Waals surface area contributed by atoms with E-state index in [9.17, 15) is 4.79 Å². The standard InChI is InChI=1S/C24H22ClN5OS/c25-19-11-4-3-9-17(19)23-28-29-24(30(23)16-7-1-2-8-16)32-15-22(31)27-21-13-5-12-20-18(21)10-6-14-26-20/h3-6,9-14,16H,1-2,7-8,15H2,(H,27,31). The summed E-state index contributed by atoms with van der Waals surface area (Å²) in [7, 11) is 0. The van der Waals surface area contributed by atoms with Gasteiger partial charge in [0, 0.05) is 23.2 Å². The van der Waals surface area contributed by atoms with Crippen LogP contribution in [0.2, 0.25) is 5.02 Å². The molecule has 2 aromatic carbocycles. The number of amides is 1. The van der Waals surface area contributed by atoms with Gasteiger partial charge in [0.25, 0.3) is 0 Å². The van der Waals surface area contributed by atoms with Crippen LogP contribution in [0, 0.1) is 0 Å². The predicted molar refractivity (Wildman–Crippen MR) is 129 cm³/mol. The van der Waals surface area contributed by atoms with Crippen LogP contribution in [0.1, 0.15) is 31.7 Å². The molecule has 0 atom stereocenters. The largest absolute Gasteiger partial charge is 0.325 e. The van der Waals surface area contributed by atoms with Gasteiger partial charge in [-0.3, -0.25) is 14.3 Å². The molecule has 4 aromatic rings. The zero-order valence-corrected chi connectivity index (χ0v) is 18.9. The van der Waals surface area contributed by atoms with Crippen molar-refractivity contribution in [3.8, 4) is 11.4 Å². The van der Waals surface area contributed by atoms with Gasteiger partial charge in [-0.2, -0.15) is 0 Å². The van der Waals surface area contributed by atoms with Gasteiger partial charge >= 0.3 is 0 Å². The van der Waals surface area contributed by atoms with Gasteiger partial charge in [-0.25, -0.2) is 0 Å². The molecule has 2 aromatic heterocycles. The SMILES string of the molecule is O=C(CSc1nnc(-c2ccccc2Cl)n1C1CCCC1)Nc1cccc2ncccc12. The summed E-state index contributed by atoms with van der Waals surface area (Å²) in [6.45, 7) is 0. The van der Waals surface area contributed by atoms with E-state index in [0.717, 1.165) is 46.0 Å². The Kier molecular flexibility index (Phi) is 6.10. The summed E-state index contributed by atoms with van der Waals surface area (Å²) in [5.74, 6) is 0.918. The van der Waals surface area contributed by atoms with Gasteiger partial charge in [0.15, 0.2) is 11.0 Å². The normalized spacial score (nSPS) is 14.2. The van der Waals surface area contributed by atoms with E-state index in [4.69, 9.17) is 11.6 Å². The highest BCUT2D eigenvalue weighted by molar-refractivity contribution is 7.99. The van der Waals surface area contributed by atoms with E-state index in [-0.39, 0.29) is 11.7 Å². The fourth-order valence-electron chi connectivity index (χ4n) is 4.22. The van der Waals surface area contributed by atoms with E-state index in [1.54, 1.807) is 6.20 Å². The molecule has 5 rings (SSSR count). The Morgan fingerprint density at radius 3 is 2.75 bits per heavy atom. The fraction of sp³-hybridized carbons (Fsp3) is 0.250. The van der Waals surface area contributed by atoms with Crippen LogP contribution >= 0.6 is 23.4 Å². The molecule has 1 fully saturated rings. The van der Waals surface area contributed by atoms with Crippen molar-refractivity contribution in [1.29, 1.82) is 0 Å². The molecule has 0 radical (unpaired) electrons. The summed E-state index contributed by atoms with van der Waals surface area (Å²) in [4.78, 5) is 17.1. The number of nitrogens with zero attached hydrogens (tertiary/aromatic N) is 4. The number of hydrogen-bond donors (Lipinski definition) is 1. The number of benzene rings is 2. The van der Waals surface area contributed by atoms with E-state index >= 15 is 0 Å². The first kappa shape index (κ1) is 21.0. The number of pyridine rings is 1. The molecule has 1 N–H and O–H groups in total. The number of carbonyl (C=O) groups is 1. The molecule has 0 saturated heterocycles. The first-order valence-corrected chi connectivity index (χ1v) is 12.0. The lowest BCUT2D eigenvalue weighted by atomic mass is 10.2. The van der Waals surface area contributed by atoms with Gasteiger partial charge in [0.1, 0.15) is 0 Å². The molecular weight excluding hydrogens is 442 g/mol. The molecule has 1 aliphatic carbocycles. The third kappa shape index (κ3) is 4.23. The minimum Gasteiger partial charge on any atom is -0.325 e. The second kappa shape index (κ2) is 9.30. The van der Waals surface area contributed by atoms with Crippen molar-refractivity contribution < 1.29 is 4.79 Å². The van der Waals surface area contributed by atoms with E-state index in [2.05, 4.69) is 25.1 Å². The molecule has 0 aliphatic heterocycles. The highest BCUT2D eigenvalue weighted by Crippen LogP contribution is 2.38. The topological polar surface area (TPSA) is 72.7 Å². The number of fused-ring (bicyclic) bond motifs is 1. The van der Waals surface area contributed by atoms with Crippen LogP contribution < -0.4 is 5.32 Å². The van der Waals surface area contributed by atoms with Crippen LogP contribution in [0.4, 0.5) is 5.69 Å². The van der Waals surface area contributed by atoms with Crippen LogP contribution in [-0.2, 0) is 4.79 Å². The van der Waals surface area contributed by atoms with Crippen molar-refractivity contribution in [1.82, 2.24) is 19.7 Å². The van der Waals surface area contributed by atoms with E-state index in [1.165, 1.54) is 24.6 Å². The zero-order chi connectivity index (χ0) is 21.9. The van der Waals surface area contributed by atoms with Gasteiger partial charge in [0.2, 0.25) is 5.91 Å². The molecular formula is C24H22ClN5OS. The van der Waals surface area contributed by atoms with Gasteiger partial charge in [-0.1, -0.05) is 54.4 Å². The molecule has 0 bridgehead atoms. The smallest absolute Gasteiger partial charge is 0.234 e. The Morgan fingerprint density at radius 2 is 1.91 bits per heavy atom. The lowest BCUT2D eigenvalue weighted by Crippen LogP contribution is -2.15. The fourth-order valence-corrected chi connectivity index (χ4v) is 5.25. The Balaban J connectivity index is 1.37. The van der Waals surface area contributed by atoms with E-state index < -0.39 is 0 Å². The van der Waals surface area contributed by atoms with Crippen LogP contribution in [0.15, 0.2) is 66.0 Å². The summed E-state index contributed by atoms with van der Waals surface area (Å²) in [5.41, 5.74) is 2.48. The Labute approximate surface area is 195 Å². The highest BCUT2D eigenvalue weighted by atomic mass is 35.5. The van der Waals surface area contributed by atoms with Gasteiger partial charge in [0.05, 0.1) is 22.0 Å². The number of carbonyl (C=O) groups excluding carboxylic acids is 1. The van der Waals surface area contributed by atoms with Gasteiger partial charge in [-0.15, -0.1) is 10.2 Å². The van der Waals surface area contributed by atoms with E-state index in [1.807, 2.05) is 54.6 Å². The summed E-state index contributed by atoms with van der Waals surface area (Å²) < 4.78 is 2.17. The summed E-state index contributed by atoms with van der Waals surface area (Å²) in [6.07, 6.45) is 6.28. The van der Waals surface area contributed by atoms with Crippen molar-refractivity contribution in [2.75, 3.05) is 11.1 Å². The maximum Gasteiger partial charge on any atom is 0.234 e. The molecule has 1 amide bonds. The van der Waals surface area contributed by atoms with Crippen molar-refractivity contribution in [3.63, 3.8) is 0 Å². The monoisotopic (exact) mass is 463 g/mol. The van der Waals surface area contributed by atoms with Gasteiger partial charge < -0.3 is 5.32 Å². The quantitative estimate of drug-likeness (QED) is 0.355. The van der Waals surface area contributed by atoms with Crippen LogP contribution in [0.5, 0.6) is 0 Å².